The molecular formula is C21H20FN5O2. The van der Waals surface area contributed by atoms with E-state index in [0.29, 0.717) is 30.4 Å². The monoisotopic (exact) mass is 393 g/mol. The smallest absolute Gasteiger partial charge is 0.274 e. The molecule has 1 aliphatic rings. The van der Waals surface area contributed by atoms with E-state index in [0.717, 1.165) is 24.2 Å². The lowest BCUT2D eigenvalue weighted by Crippen LogP contribution is -2.39. The minimum absolute atomic E-state index is 0.0367. The number of hydrogen-bond acceptors (Lipinski definition) is 6. The second-order valence-electron chi connectivity index (χ2n) is 6.97. The molecule has 1 aromatic carbocycles. The van der Waals surface area contributed by atoms with Crippen molar-refractivity contribution in [3.63, 3.8) is 0 Å². The Bertz CT molecular complexity index is 1010. The third-order valence-corrected chi connectivity index (χ3v) is 4.78. The first kappa shape index (κ1) is 18.9. The van der Waals surface area contributed by atoms with Crippen molar-refractivity contribution in [3.05, 3.63) is 72.0 Å². The van der Waals surface area contributed by atoms with Crippen LogP contribution in [-0.4, -0.2) is 43.8 Å². The zero-order chi connectivity index (χ0) is 20.2. The Morgan fingerprint density at radius 3 is 2.90 bits per heavy atom. The summed E-state index contributed by atoms with van der Waals surface area (Å²) in [4.78, 5) is 31.6. The number of aromatic nitrogens is 4. The van der Waals surface area contributed by atoms with E-state index >= 15 is 0 Å². The van der Waals surface area contributed by atoms with E-state index in [2.05, 4.69) is 19.9 Å². The molecule has 4 rings (SSSR count). The quantitative estimate of drug-likeness (QED) is 0.675. The van der Waals surface area contributed by atoms with Crippen LogP contribution in [0.2, 0.25) is 0 Å². The van der Waals surface area contributed by atoms with Crippen LogP contribution in [0.5, 0.6) is 11.6 Å². The predicted molar refractivity (Wildman–Crippen MR) is 103 cm³/mol. The van der Waals surface area contributed by atoms with Crippen molar-refractivity contribution in [2.45, 2.75) is 25.7 Å². The predicted octanol–water partition coefficient (Wildman–Crippen LogP) is 3.53. The van der Waals surface area contributed by atoms with Crippen molar-refractivity contribution in [2.75, 3.05) is 13.1 Å². The second kappa shape index (κ2) is 8.30. The van der Waals surface area contributed by atoms with Gasteiger partial charge in [0.25, 0.3) is 5.91 Å². The summed E-state index contributed by atoms with van der Waals surface area (Å²) in [6.07, 6.45) is 8.01. The molecule has 1 fully saturated rings. The number of rotatable bonds is 4. The third-order valence-electron chi connectivity index (χ3n) is 4.78. The van der Waals surface area contributed by atoms with Crippen molar-refractivity contribution < 1.29 is 13.9 Å². The van der Waals surface area contributed by atoms with Crippen molar-refractivity contribution in [1.82, 2.24) is 24.8 Å². The lowest BCUT2D eigenvalue weighted by atomic mass is 9.95. The second-order valence-corrected chi connectivity index (χ2v) is 6.97. The zero-order valence-electron chi connectivity index (χ0n) is 16.0. The standard InChI is InChI=1S/C21H20FN5O2/c1-14-9-25-19(11-24-14)21(28)27-7-3-4-15(13-27)18-10-23-12-20(26-18)29-17-6-2-5-16(22)8-17/h2,5-6,8-12,15H,3-4,7,13H2,1H3/t15-/m1/s1. The first-order chi connectivity index (χ1) is 14.1. The van der Waals surface area contributed by atoms with Gasteiger partial charge in [-0.2, -0.15) is 0 Å². The van der Waals surface area contributed by atoms with Gasteiger partial charge in [-0.25, -0.2) is 14.4 Å². The largest absolute Gasteiger partial charge is 0.437 e. The molecule has 148 valence electrons. The van der Waals surface area contributed by atoms with Gasteiger partial charge in [0, 0.05) is 37.5 Å². The van der Waals surface area contributed by atoms with Crippen LogP contribution in [0.3, 0.4) is 0 Å². The molecule has 8 heteroatoms. The number of hydrogen-bond donors (Lipinski definition) is 0. The first-order valence-electron chi connectivity index (χ1n) is 9.42. The van der Waals surface area contributed by atoms with Crippen LogP contribution >= 0.6 is 0 Å². The summed E-state index contributed by atoms with van der Waals surface area (Å²) in [5, 5.41) is 0. The minimum atomic E-state index is -0.382. The summed E-state index contributed by atoms with van der Waals surface area (Å²) in [7, 11) is 0. The van der Waals surface area contributed by atoms with Gasteiger partial charge in [-0.1, -0.05) is 6.07 Å². The Kier molecular flexibility index (Phi) is 5.41. The average Bonchev–Trinajstić information content (AvgIpc) is 2.74. The molecule has 1 amide bonds. The fraction of sp³-hybridized carbons (Fsp3) is 0.286. The Labute approximate surface area is 167 Å². The molecule has 1 atom stereocenters. The van der Waals surface area contributed by atoms with E-state index < -0.39 is 0 Å². The molecule has 0 radical (unpaired) electrons. The third kappa shape index (κ3) is 4.53. The van der Waals surface area contributed by atoms with Gasteiger partial charge in [-0.15, -0.1) is 0 Å². The molecule has 3 aromatic rings. The van der Waals surface area contributed by atoms with Crippen LogP contribution in [-0.2, 0) is 0 Å². The maximum absolute atomic E-state index is 13.4. The maximum atomic E-state index is 13.4. The maximum Gasteiger partial charge on any atom is 0.274 e. The van der Waals surface area contributed by atoms with Gasteiger partial charge in [0.15, 0.2) is 0 Å². The lowest BCUT2D eigenvalue weighted by molar-refractivity contribution is 0.0699. The topological polar surface area (TPSA) is 81.1 Å². The molecule has 3 heterocycles. The molecule has 0 unspecified atom stereocenters. The number of ether oxygens (including phenoxy) is 1. The summed E-state index contributed by atoms with van der Waals surface area (Å²) < 4.78 is 19.0. The van der Waals surface area contributed by atoms with Crippen LogP contribution in [0.4, 0.5) is 4.39 Å². The van der Waals surface area contributed by atoms with Crippen molar-refractivity contribution in [3.8, 4) is 11.6 Å². The zero-order valence-corrected chi connectivity index (χ0v) is 16.0. The Morgan fingerprint density at radius 1 is 1.21 bits per heavy atom. The highest BCUT2D eigenvalue weighted by Gasteiger charge is 2.27. The molecule has 2 aromatic heterocycles. The molecule has 7 nitrogen and oxygen atoms in total. The molecule has 1 aliphatic heterocycles. The number of amides is 1. The SMILES string of the molecule is Cc1cnc(C(=O)N2CCC[C@@H](c3cncc(Oc4cccc(F)c4)n3)C2)cn1. The first-order valence-corrected chi connectivity index (χ1v) is 9.42. The van der Waals surface area contributed by atoms with Crippen LogP contribution in [0.1, 0.15) is 40.6 Å². The molecule has 0 saturated carbocycles. The average molecular weight is 393 g/mol. The Morgan fingerprint density at radius 2 is 2.10 bits per heavy atom. The molecule has 1 saturated heterocycles. The van der Waals surface area contributed by atoms with Crippen molar-refractivity contribution in [1.29, 1.82) is 0 Å². The van der Waals surface area contributed by atoms with Gasteiger partial charge in [0.2, 0.25) is 5.88 Å². The number of carbonyl (C=O) groups excluding carboxylic acids is 1. The van der Waals surface area contributed by atoms with Crippen molar-refractivity contribution in [2.24, 2.45) is 0 Å². The molecule has 0 aliphatic carbocycles. The fourth-order valence-corrected chi connectivity index (χ4v) is 3.33. The number of likely N-dealkylation sites (tertiary alicyclic amines) is 1. The van der Waals surface area contributed by atoms with Gasteiger partial charge in [-0.3, -0.25) is 14.8 Å². The normalized spacial score (nSPS) is 16.5. The summed E-state index contributed by atoms with van der Waals surface area (Å²) in [5.74, 6) is 0.167. The molecule has 29 heavy (non-hydrogen) atoms. The summed E-state index contributed by atoms with van der Waals surface area (Å²) in [5.41, 5.74) is 1.85. The number of nitrogens with zero attached hydrogens (tertiary/aromatic N) is 5. The van der Waals surface area contributed by atoms with Crippen molar-refractivity contribution >= 4 is 5.91 Å². The van der Waals surface area contributed by atoms with Crippen LogP contribution in [0.25, 0.3) is 0 Å². The Hall–Kier alpha value is -3.42. The number of halogens is 1. The van der Waals surface area contributed by atoms with E-state index in [1.807, 2.05) is 6.92 Å². The van der Waals surface area contributed by atoms with E-state index in [4.69, 9.17) is 4.74 Å². The fourth-order valence-electron chi connectivity index (χ4n) is 3.33. The highest BCUT2D eigenvalue weighted by atomic mass is 19.1. The molecule has 0 spiro atoms. The van der Waals surface area contributed by atoms with Gasteiger partial charge in [0.05, 0.1) is 23.8 Å². The van der Waals surface area contributed by atoms with Crippen LogP contribution in [0, 0.1) is 12.7 Å². The number of aryl methyl sites for hydroxylation is 1. The van der Waals surface area contributed by atoms with Gasteiger partial charge >= 0.3 is 0 Å². The number of carbonyl (C=O) groups is 1. The minimum Gasteiger partial charge on any atom is -0.437 e. The summed E-state index contributed by atoms with van der Waals surface area (Å²) in [6.45, 7) is 3.01. The van der Waals surface area contributed by atoms with E-state index in [9.17, 15) is 9.18 Å². The Balaban J connectivity index is 1.48. The van der Waals surface area contributed by atoms with E-state index in [-0.39, 0.29) is 17.6 Å². The lowest BCUT2D eigenvalue weighted by Gasteiger charge is -2.32. The van der Waals surface area contributed by atoms with E-state index in [1.165, 1.54) is 24.5 Å². The van der Waals surface area contributed by atoms with Gasteiger partial charge in [0.1, 0.15) is 17.3 Å². The highest BCUT2D eigenvalue weighted by molar-refractivity contribution is 5.92. The van der Waals surface area contributed by atoms with Crippen LogP contribution in [0.15, 0.2) is 49.1 Å². The summed E-state index contributed by atoms with van der Waals surface area (Å²) >= 11 is 0. The van der Waals surface area contributed by atoms with Gasteiger partial charge in [-0.05, 0) is 31.9 Å². The number of benzene rings is 1. The number of piperidine rings is 1. The molecule has 0 bridgehead atoms. The molecule has 0 N–H and O–H groups in total. The van der Waals surface area contributed by atoms with E-state index in [1.54, 1.807) is 29.4 Å². The van der Waals surface area contributed by atoms with Crippen LogP contribution < -0.4 is 4.74 Å². The highest BCUT2D eigenvalue weighted by Crippen LogP contribution is 2.28. The molecular weight excluding hydrogens is 373 g/mol. The van der Waals surface area contributed by atoms with Gasteiger partial charge < -0.3 is 9.64 Å². The summed E-state index contributed by atoms with van der Waals surface area (Å²) in [6, 6.07) is 5.86.